The molecule has 0 spiro atoms. The zero-order valence-corrected chi connectivity index (χ0v) is 25.7. The topological polar surface area (TPSA) is 235 Å². The maximum absolute atomic E-state index is 13.0. The fourth-order valence-electron chi connectivity index (χ4n) is 4.41. The van der Waals surface area contributed by atoms with Gasteiger partial charge in [0, 0.05) is 23.7 Å². The lowest BCUT2D eigenvalue weighted by Gasteiger charge is -2.23. The lowest BCUT2D eigenvalue weighted by Crippen LogP contribution is -2.48. The predicted octanol–water partition coefficient (Wildman–Crippen LogP) is 2.83. The predicted molar refractivity (Wildman–Crippen MR) is 167 cm³/mol. The number of hydrogen-bond donors (Lipinski definition) is 6. The molecule has 3 aromatic rings. The van der Waals surface area contributed by atoms with Crippen molar-refractivity contribution in [3.8, 4) is 11.5 Å². The number of aromatic carboxylic acids is 1. The number of phenols is 1. The highest BCUT2D eigenvalue weighted by atomic mass is 35.5. The smallest absolute Gasteiger partial charge is 0.407 e. The van der Waals surface area contributed by atoms with E-state index < -0.39 is 47.5 Å². The second-order valence-electron chi connectivity index (χ2n) is 9.84. The zero-order chi connectivity index (χ0) is 34.7. The number of aliphatic carboxylic acids is 1. The number of carbonyl (C=O) groups is 6. The SMILES string of the molecule is COC(=O)N[C@@H](Cc1ccc(N(C(=O)C(=O)O)c2ccccc2C(=O)O)cc1)C(=O)NCCCCOc1cc(Cl)cc(O)c1C(N)=O. The Balaban J connectivity index is 1.66. The highest BCUT2D eigenvalue weighted by Gasteiger charge is 2.28. The van der Waals surface area contributed by atoms with Crippen molar-refractivity contribution in [3.05, 3.63) is 82.4 Å². The van der Waals surface area contributed by atoms with E-state index in [1.807, 2.05) is 0 Å². The van der Waals surface area contributed by atoms with Crippen molar-refractivity contribution < 1.29 is 53.6 Å². The van der Waals surface area contributed by atoms with E-state index in [0.29, 0.717) is 18.4 Å². The first kappa shape index (κ1) is 35.6. The van der Waals surface area contributed by atoms with Gasteiger partial charge in [0.15, 0.2) is 0 Å². The summed E-state index contributed by atoms with van der Waals surface area (Å²) >= 11 is 5.91. The Bertz CT molecular complexity index is 1660. The average molecular weight is 671 g/mol. The maximum Gasteiger partial charge on any atom is 0.407 e. The number of hydrogen-bond acceptors (Lipinski definition) is 9. The summed E-state index contributed by atoms with van der Waals surface area (Å²) in [5, 5.41) is 34.2. The Hall–Kier alpha value is -5.83. The molecule has 1 atom stereocenters. The molecule has 248 valence electrons. The van der Waals surface area contributed by atoms with Crippen LogP contribution in [-0.4, -0.2) is 77.4 Å². The molecule has 3 aromatic carbocycles. The zero-order valence-electron chi connectivity index (χ0n) is 24.9. The highest BCUT2D eigenvalue weighted by molar-refractivity contribution is 6.39. The van der Waals surface area contributed by atoms with Crippen molar-refractivity contribution in [2.75, 3.05) is 25.2 Å². The van der Waals surface area contributed by atoms with Crippen LogP contribution < -0.4 is 26.0 Å². The molecule has 0 fully saturated rings. The molecule has 0 aliphatic heterocycles. The van der Waals surface area contributed by atoms with E-state index in [2.05, 4.69) is 15.4 Å². The van der Waals surface area contributed by atoms with Gasteiger partial charge >= 0.3 is 23.9 Å². The number of anilines is 2. The standard InChI is InChI=1S/C31H31ClN4O11/c1-46-31(45)35-21(27(39)34-12-4-5-13-47-24-16-18(32)15-23(37)25(24)26(33)38)14-17-8-10-19(11-9-17)36(28(40)30(43)44)22-7-3-2-6-20(22)29(41)42/h2-3,6-11,15-16,21,37H,4-5,12-14H2,1H3,(H2,33,38)(H,34,39)(H,35,45)(H,41,42)(H,43,44)/t21-/m0/s1. The molecule has 47 heavy (non-hydrogen) atoms. The molecule has 0 bridgehead atoms. The first-order chi connectivity index (χ1) is 22.3. The summed E-state index contributed by atoms with van der Waals surface area (Å²) in [5.41, 5.74) is 5.19. The van der Waals surface area contributed by atoms with Crippen molar-refractivity contribution in [2.24, 2.45) is 5.73 Å². The number of carboxylic acid groups (broad SMARTS) is 2. The van der Waals surface area contributed by atoms with E-state index >= 15 is 0 Å². The molecule has 0 aromatic heterocycles. The van der Waals surface area contributed by atoms with Gasteiger partial charge in [-0.2, -0.15) is 0 Å². The summed E-state index contributed by atoms with van der Waals surface area (Å²) in [6.07, 6.45) is -0.0564. The molecular formula is C31H31ClN4O11. The van der Waals surface area contributed by atoms with Gasteiger partial charge in [0.25, 0.3) is 5.91 Å². The van der Waals surface area contributed by atoms with Crippen LogP contribution in [0.4, 0.5) is 16.2 Å². The van der Waals surface area contributed by atoms with E-state index in [9.17, 15) is 44.1 Å². The Labute approximate surface area is 272 Å². The average Bonchev–Trinajstić information content (AvgIpc) is 3.02. The van der Waals surface area contributed by atoms with Crippen molar-refractivity contribution in [1.29, 1.82) is 0 Å². The molecule has 16 heteroatoms. The van der Waals surface area contributed by atoms with Gasteiger partial charge < -0.3 is 41.2 Å². The number of methoxy groups -OCH3 is 1. The fourth-order valence-corrected chi connectivity index (χ4v) is 4.61. The molecule has 0 aliphatic carbocycles. The van der Waals surface area contributed by atoms with Gasteiger partial charge in [0.1, 0.15) is 23.1 Å². The van der Waals surface area contributed by atoms with E-state index in [1.165, 1.54) is 54.6 Å². The molecule has 0 radical (unpaired) electrons. The maximum atomic E-state index is 13.0. The number of nitrogens with one attached hydrogen (secondary N) is 2. The lowest BCUT2D eigenvalue weighted by molar-refractivity contribution is -0.148. The summed E-state index contributed by atoms with van der Waals surface area (Å²) in [4.78, 5) is 73.3. The van der Waals surface area contributed by atoms with Crippen LogP contribution in [-0.2, 0) is 25.5 Å². The van der Waals surface area contributed by atoms with Gasteiger partial charge in [-0.25, -0.2) is 14.4 Å². The molecule has 3 rings (SSSR count). The third-order valence-corrected chi connectivity index (χ3v) is 6.83. The summed E-state index contributed by atoms with van der Waals surface area (Å²) in [5.74, 6) is -6.40. The van der Waals surface area contributed by atoms with Crippen LogP contribution >= 0.6 is 11.6 Å². The number of carbonyl (C=O) groups excluding carboxylic acids is 4. The number of nitrogens with two attached hydrogens (primary N) is 1. The van der Waals surface area contributed by atoms with Gasteiger partial charge in [-0.1, -0.05) is 35.9 Å². The Morgan fingerprint density at radius 3 is 2.28 bits per heavy atom. The molecule has 0 saturated carbocycles. The van der Waals surface area contributed by atoms with Gasteiger partial charge in [-0.05, 0) is 54.8 Å². The molecule has 0 saturated heterocycles. The number of aromatic hydroxyl groups is 1. The number of benzene rings is 3. The van der Waals surface area contributed by atoms with Crippen LogP contribution in [0.3, 0.4) is 0 Å². The summed E-state index contributed by atoms with van der Waals surface area (Å²) in [6, 6.07) is 12.6. The Morgan fingerprint density at radius 1 is 0.979 bits per heavy atom. The number of rotatable bonds is 14. The first-order valence-electron chi connectivity index (χ1n) is 13.9. The summed E-state index contributed by atoms with van der Waals surface area (Å²) in [7, 11) is 1.13. The number of amides is 4. The van der Waals surface area contributed by atoms with E-state index in [4.69, 9.17) is 22.1 Å². The fraction of sp³-hybridized carbons (Fsp3) is 0.226. The second-order valence-corrected chi connectivity index (χ2v) is 10.3. The molecule has 15 nitrogen and oxygen atoms in total. The number of alkyl carbamates (subject to hydrolysis) is 1. The third-order valence-electron chi connectivity index (χ3n) is 6.61. The van der Waals surface area contributed by atoms with Crippen molar-refractivity contribution >= 4 is 58.7 Å². The molecule has 0 heterocycles. The monoisotopic (exact) mass is 670 g/mol. The number of unbranched alkanes of at least 4 members (excludes halogenated alkanes) is 1. The van der Waals surface area contributed by atoms with Gasteiger partial charge in [-0.3, -0.25) is 19.3 Å². The number of para-hydroxylation sites is 1. The van der Waals surface area contributed by atoms with E-state index in [-0.39, 0.29) is 52.8 Å². The Morgan fingerprint density at radius 2 is 1.66 bits per heavy atom. The van der Waals surface area contributed by atoms with Crippen molar-refractivity contribution in [2.45, 2.75) is 25.3 Å². The summed E-state index contributed by atoms with van der Waals surface area (Å²) < 4.78 is 10.2. The van der Waals surface area contributed by atoms with Crippen molar-refractivity contribution in [1.82, 2.24) is 10.6 Å². The first-order valence-corrected chi connectivity index (χ1v) is 14.3. The van der Waals surface area contributed by atoms with Crippen LogP contribution in [0, 0.1) is 0 Å². The van der Waals surface area contributed by atoms with Gasteiger partial charge in [-0.15, -0.1) is 0 Å². The third kappa shape index (κ3) is 9.58. The highest BCUT2D eigenvalue weighted by Crippen LogP contribution is 2.32. The Kier molecular flexibility index (Phi) is 12.5. The summed E-state index contributed by atoms with van der Waals surface area (Å²) in [6.45, 7) is 0.281. The van der Waals surface area contributed by atoms with Crippen LogP contribution in [0.15, 0.2) is 60.7 Å². The second kappa shape index (κ2) is 16.5. The molecule has 0 aliphatic rings. The normalized spacial score (nSPS) is 11.1. The van der Waals surface area contributed by atoms with Gasteiger partial charge in [0.05, 0.1) is 25.0 Å². The van der Waals surface area contributed by atoms with Gasteiger partial charge in [0.2, 0.25) is 5.91 Å². The molecular weight excluding hydrogens is 640 g/mol. The number of carboxylic acids is 2. The number of ether oxygens (including phenoxy) is 2. The number of halogens is 1. The number of primary amides is 1. The quantitative estimate of drug-likeness (QED) is 0.108. The van der Waals surface area contributed by atoms with E-state index in [0.717, 1.165) is 18.1 Å². The van der Waals surface area contributed by atoms with Crippen LogP contribution in [0.25, 0.3) is 0 Å². The van der Waals surface area contributed by atoms with Crippen LogP contribution in [0.1, 0.15) is 39.1 Å². The molecule has 4 amide bonds. The minimum Gasteiger partial charge on any atom is -0.507 e. The largest absolute Gasteiger partial charge is 0.507 e. The van der Waals surface area contributed by atoms with Crippen molar-refractivity contribution in [3.63, 3.8) is 0 Å². The molecule has 0 unspecified atom stereocenters. The minimum atomic E-state index is -1.81. The molecule has 7 N–H and O–H groups in total. The minimum absolute atomic E-state index is 0.0152. The van der Waals surface area contributed by atoms with Crippen LogP contribution in [0.2, 0.25) is 5.02 Å². The lowest BCUT2D eigenvalue weighted by atomic mass is 10.0. The number of nitrogens with zero attached hydrogens (tertiary/aromatic N) is 1. The van der Waals surface area contributed by atoms with Crippen LogP contribution in [0.5, 0.6) is 11.5 Å². The van der Waals surface area contributed by atoms with E-state index in [1.54, 1.807) is 0 Å².